The summed E-state index contributed by atoms with van der Waals surface area (Å²) >= 11 is 6.02. The zero-order valence-electron chi connectivity index (χ0n) is 12.9. The number of hydrogen-bond donors (Lipinski definition) is 1. The highest BCUT2D eigenvalue weighted by Crippen LogP contribution is 2.32. The van der Waals surface area contributed by atoms with E-state index in [2.05, 4.69) is 72.7 Å². The molecular weight excluding hydrogens is 457 g/mol. The van der Waals surface area contributed by atoms with Crippen LogP contribution in [0.15, 0.2) is 16.7 Å². The van der Waals surface area contributed by atoms with Crippen molar-refractivity contribution in [1.82, 2.24) is 15.1 Å². The largest absolute Gasteiger partial charge is 0.385 e. The highest BCUT2D eigenvalue weighted by atomic mass is 127. The lowest BCUT2D eigenvalue weighted by molar-refractivity contribution is 0.189. The maximum Gasteiger partial charge on any atom is 0.137 e. The number of fused-ring (bicyclic) bond motifs is 1. The van der Waals surface area contributed by atoms with Crippen LogP contribution in [0.3, 0.4) is 0 Å². The summed E-state index contributed by atoms with van der Waals surface area (Å²) in [6, 6.07) is 5.64. The third-order valence-corrected chi connectivity index (χ3v) is 5.47. The van der Waals surface area contributed by atoms with Gasteiger partial charge in [-0.3, -0.25) is 4.68 Å². The maximum atomic E-state index is 5.15. The molecule has 1 aromatic carbocycles. The molecule has 0 spiro atoms. The second kappa shape index (κ2) is 7.15. The second-order valence-corrected chi connectivity index (χ2v) is 7.83. The van der Waals surface area contributed by atoms with Crippen LogP contribution in [0.4, 0.5) is 0 Å². The summed E-state index contributed by atoms with van der Waals surface area (Å²) in [5.74, 6) is 0. The Labute approximate surface area is 153 Å². The third kappa shape index (κ3) is 3.66. The van der Waals surface area contributed by atoms with E-state index >= 15 is 0 Å². The number of ether oxygens (including phenoxy) is 1. The number of halogens is 2. The van der Waals surface area contributed by atoms with Crippen molar-refractivity contribution < 1.29 is 4.74 Å². The molecule has 1 saturated carbocycles. The van der Waals surface area contributed by atoms with E-state index in [9.17, 15) is 0 Å². The van der Waals surface area contributed by atoms with Gasteiger partial charge in [0.25, 0.3) is 0 Å². The fourth-order valence-corrected chi connectivity index (χ4v) is 4.58. The quantitative estimate of drug-likeness (QED) is 0.478. The molecule has 3 rings (SSSR count). The first-order chi connectivity index (χ1) is 10.6. The molecule has 0 radical (unpaired) electrons. The molecule has 1 atom stereocenters. The van der Waals surface area contributed by atoms with Gasteiger partial charge in [0.05, 0.1) is 5.52 Å². The monoisotopic (exact) mass is 477 g/mol. The van der Waals surface area contributed by atoms with Crippen molar-refractivity contribution >= 4 is 49.4 Å². The predicted molar refractivity (Wildman–Crippen MR) is 101 cm³/mol. The van der Waals surface area contributed by atoms with Gasteiger partial charge in [0.2, 0.25) is 0 Å². The molecule has 2 aromatic rings. The average Bonchev–Trinajstić information content (AvgIpc) is 3.23. The first kappa shape index (κ1) is 16.7. The molecule has 22 heavy (non-hydrogen) atoms. The van der Waals surface area contributed by atoms with Crippen LogP contribution in [-0.2, 0) is 11.3 Å². The number of nitrogens with zero attached hydrogens (tertiary/aromatic N) is 2. The van der Waals surface area contributed by atoms with Crippen molar-refractivity contribution in [2.45, 2.75) is 44.8 Å². The zero-order valence-corrected chi connectivity index (χ0v) is 16.6. The van der Waals surface area contributed by atoms with Gasteiger partial charge in [-0.15, -0.1) is 0 Å². The standard InChI is InChI=1S/C16H21BrIN3O/c1-10(19-12-4-5-12)11-8-13(18)15-14(9-11)21(20-16(15)17)6-3-7-22-2/h8-10,12,19H,3-7H2,1-2H3. The summed E-state index contributed by atoms with van der Waals surface area (Å²) in [7, 11) is 1.74. The van der Waals surface area contributed by atoms with E-state index in [1.807, 2.05) is 0 Å². The SMILES string of the molecule is COCCCn1nc(Br)c2c(I)cc(C(C)NC3CC3)cc21. The van der Waals surface area contributed by atoms with E-state index in [4.69, 9.17) is 4.74 Å². The molecule has 1 aromatic heterocycles. The first-order valence-corrected chi connectivity index (χ1v) is 9.57. The molecule has 6 heteroatoms. The number of methoxy groups -OCH3 is 1. The van der Waals surface area contributed by atoms with E-state index < -0.39 is 0 Å². The van der Waals surface area contributed by atoms with Crippen LogP contribution in [0.2, 0.25) is 0 Å². The lowest BCUT2D eigenvalue weighted by Gasteiger charge is -2.15. The molecule has 1 aliphatic carbocycles. The molecule has 0 amide bonds. The molecular formula is C16H21BrIN3O. The highest BCUT2D eigenvalue weighted by Gasteiger charge is 2.24. The van der Waals surface area contributed by atoms with E-state index in [1.165, 1.54) is 32.9 Å². The summed E-state index contributed by atoms with van der Waals surface area (Å²) in [6.07, 6.45) is 3.59. The van der Waals surface area contributed by atoms with E-state index in [-0.39, 0.29) is 0 Å². The summed E-state index contributed by atoms with van der Waals surface area (Å²) in [5.41, 5.74) is 2.54. The van der Waals surface area contributed by atoms with Gasteiger partial charge in [-0.05, 0) is 82.4 Å². The number of hydrogen-bond acceptors (Lipinski definition) is 3. The van der Waals surface area contributed by atoms with Gasteiger partial charge in [-0.2, -0.15) is 5.10 Å². The average molecular weight is 478 g/mol. The van der Waals surface area contributed by atoms with Crippen molar-refractivity contribution in [3.63, 3.8) is 0 Å². The lowest BCUT2D eigenvalue weighted by Crippen LogP contribution is -2.20. The number of aromatic nitrogens is 2. The van der Waals surface area contributed by atoms with Gasteiger partial charge < -0.3 is 10.1 Å². The molecule has 0 saturated heterocycles. The molecule has 1 heterocycles. The first-order valence-electron chi connectivity index (χ1n) is 7.70. The normalized spacial score (nSPS) is 16.4. The van der Waals surface area contributed by atoms with E-state index in [0.29, 0.717) is 12.1 Å². The minimum atomic E-state index is 0.381. The Morgan fingerprint density at radius 1 is 1.50 bits per heavy atom. The summed E-state index contributed by atoms with van der Waals surface area (Å²) in [6.45, 7) is 3.88. The van der Waals surface area contributed by atoms with Crippen LogP contribution in [0, 0.1) is 3.57 Å². The van der Waals surface area contributed by atoms with Crippen molar-refractivity contribution in [1.29, 1.82) is 0 Å². The van der Waals surface area contributed by atoms with Gasteiger partial charge in [0.15, 0.2) is 0 Å². The van der Waals surface area contributed by atoms with Crippen LogP contribution in [0.5, 0.6) is 0 Å². The number of benzene rings is 1. The number of nitrogens with one attached hydrogen (secondary N) is 1. The molecule has 1 N–H and O–H groups in total. The Balaban J connectivity index is 1.92. The van der Waals surface area contributed by atoms with E-state index in [1.54, 1.807) is 7.11 Å². The smallest absolute Gasteiger partial charge is 0.137 e. The van der Waals surface area contributed by atoms with Gasteiger partial charge in [0.1, 0.15) is 4.60 Å². The molecule has 1 aliphatic rings. The fraction of sp³-hybridized carbons (Fsp3) is 0.562. The minimum Gasteiger partial charge on any atom is -0.385 e. The van der Waals surface area contributed by atoms with Crippen molar-refractivity contribution in [2.75, 3.05) is 13.7 Å². The summed E-state index contributed by atoms with van der Waals surface area (Å²) in [4.78, 5) is 0. The van der Waals surface area contributed by atoms with Gasteiger partial charge in [0, 0.05) is 41.3 Å². The Morgan fingerprint density at radius 3 is 2.95 bits per heavy atom. The lowest BCUT2D eigenvalue weighted by atomic mass is 10.1. The van der Waals surface area contributed by atoms with Crippen LogP contribution in [0.25, 0.3) is 10.9 Å². The van der Waals surface area contributed by atoms with Gasteiger partial charge in [-0.25, -0.2) is 0 Å². The van der Waals surface area contributed by atoms with Crippen LogP contribution < -0.4 is 5.32 Å². The molecule has 0 bridgehead atoms. The molecule has 120 valence electrons. The minimum absolute atomic E-state index is 0.381. The Bertz CT molecular complexity index is 669. The van der Waals surface area contributed by atoms with E-state index in [0.717, 1.165) is 24.2 Å². The zero-order chi connectivity index (χ0) is 15.7. The fourth-order valence-electron chi connectivity index (χ4n) is 2.71. The molecule has 0 aliphatic heterocycles. The van der Waals surface area contributed by atoms with Crippen molar-refractivity contribution in [2.24, 2.45) is 0 Å². The van der Waals surface area contributed by atoms with Crippen LogP contribution in [0.1, 0.15) is 37.8 Å². The Morgan fingerprint density at radius 2 is 2.27 bits per heavy atom. The van der Waals surface area contributed by atoms with Gasteiger partial charge in [-0.1, -0.05) is 0 Å². The number of rotatable bonds is 7. The molecule has 1 unspecified atom stereocenters. The van der Waals surface area contributed by atoms with Crippen molar-refractivity contribution in [3.05, 3.63) is 25.9 Å². The Hall–Kier alpha value is -0.180. The predicted octanol–water partition coefficient (Wildman–Crippen LogP) is 4.25. The Kier molecular flexibility index (Phi) is 5.42. The molecule has 4 nitrogen and oxygen atoms in total. The molecule has 1 fully saturated rings. The highest BCUT2D eigenvalue weighted by molar-refractivity contribution is 14.1. The second-order valence-electron chi connectivity index (χ2n) is 5.92. The van der Waals surface area contributed by atoms with Crippen molar-refractivity contribution in [3.8, 4) is 0 Å². The van der Waals surface area contributed by atoms with Gasteiger partial charge >= 0.3 is 0 Å². The van der Waals surface area contributed by atoms with Crippen LogP contribution in [-0.4, -0.2) is 29.5 Å². The summed E-state index contributed by atoms with van der Waals surface area (Å²) in [5, 5.41) is 9.53. The summed E-state index contributed by atoms with van der Waals surface area (Å²) < 4.78 is 9.42. The maximum absolute atomic E-state index is 5.15. The van der Waals surface area contributed by atoms with Crippen LogP contribution >= 0.6 is 38.5 Å². The third-order valence-electron chi connectivity index (χ3n) is 4.07. The topological polar surface area (TPSA) is 39.1 Å². The number of aryl methyl sites for hydroxylation is 1.